The third kappa shape index (κ3) is 3.32. The number of rotatable bonds is 4. The van der Waals surface area contributed by atoms with Gasteiger partial charge in [-0.05, 0) is 17.7 Å². The standard InChI is InChI=1S/C11H13BrO3/c1-14-7-10(11(13)15-2)8-3-5-9(12)6-4-8/h3-6,10H,7H2,1-2H3. The van der Waals surface area contributed by atoms with Crippen molar-refractivity contribution < 1.29 is 14.3 Å². The Bertz CT molecular complexity index is 321. The first-order valence-corrected chi connectivity index (χ1v) is 5.30. The van der Waals surface area contributed by atoms with Gasteiger partial charge >= 0.3 is 5.97 Å². The number of hydrogen-bond acceptors (Lipinski definition) is 3. The van der Waals surface area contributed by atoms with E-state index in [9.17, 15) is 4.79 Å². The zero-order chi connectivity index (χ0) is 11.3. The second kappa shape index (κ2) is 5.88. The second-order valence-electron chi connectivity index (χ2n) is 3.08. The molecule has 0 bridgehead atoms. The molecule has 15 heavy (non-hydrogen) atoms. The van der Waals surface area contributed by atoms with Gasteiger partial charge in [0.1, 0.15) is 5.92 Å². The summed E-state index contributed by atoms with van der Waals surface area (Å²) in [6.45, 7) is 0.328. The lowest BCUT2D eigenvalue weighted by molar-refractivity contribution is -0.143. The Hall–Kier alpha value is -0.870. The van der Waals surface area contributed by atoms with Crippen LogP contribution in [-0.4, -0.2) is 26.8 Å². The number of methoxy groups -OCH3 is 2. The fourth-order valence-corrected chi connectivity index (χ4v) is 1.57. The van der Waals surface area contributed by atoms with E-state index in [-0.39, 0.29) is 11.9 Å². The largest absolute Gasteiger partial charge is 0.468 e. The molecular weight excluding hydrogens is 260 g/mol. The molecule has 0 aliphatic heterocycles. The van der Waals surface area contributed by atoms with Crippen LogP contribution in [0.5, 0.6) is 0 Å². The molecule has 0 N–H and O–H groups in total. The van der Waals surface area contributed by atoms with Crippen LogP contribution in [-0.2, 0) is 14.3 Å². The van der Waals surface area contributed by atoms with Gasteiger partial charge in [-0.15, -0.1) is 0 Å². The monoisotopic (exact) mass is 272 g/mol. The van der Waals surface area contributed by atoms with Crippen LogP contribution in [0, 0.1) is 0 Å². The number of benzene rings is 1. The van der Waals surface area contributed by atoms with Crippen LogP contribution in [0.15, 0.2) is 28.7 Å². The average Bonchev–Trinajstić information content (AvgIpc) is 2.26. The Kier molecular flexibility index (Phi) is 4.78. The van der Waals surface area contributed by atoms with E-state index in [1.54, 1.807) is 7.11 Å². The maximum atomic E-state index is 11.5. The number of hydrogen-bond donors (Lipinski definition) is 0. The van der Waals surface area contributed by atoms with Crippen molar-refractivity contribution in [3.8, 4) is 0 Å². The molecule has 0 saturated carbocycles. The van der Waals surface area contributed by atoms with E-state index in [0.717, 1.165) is 10.0 Å². The molecule has 1 aromatic carbocycles. The lowest BCUT2D eigenvalue weighted by Gasteiger charge is -2.13. The molecule has 1 rings (SSSR count). The minimum atomic E-state index is -0.354. The van der Waals surface area contributed by atoms with Crippen molar-refractivity contribution in [3.05, 3.63) is 34.3 Å². The first-order valence-electron chi connectivity index (χ1n) is 4.51. The van der Waals surface area contributed by atoms with Gasteiger partial charge in [0.05, 0.1) is 13.7 Å². The lowest BCUT2D eigenvalue weighted by Crippen LogP contribution is -2.18. The van der Waals surface area contributed by atoms with Gasteiger partial charge < -0.3 is 9.47 Å². The lowest BCUT2D eigenvalue weighted by atomic mass is 10.0. The number of carbonyl (C=O) groups is 1. The molecular formula is C11H13BrO3. The SMILES string of the molecule is COCC(C(=O)OC)c1ccc(Br)cc1. The van der Waals surface area contributed by atoms with Crippen molar-refractivity contribution in [2.45, 2.75) is 5.92 Å². The van der Waals surface area contributed by atoms with Crippen molar-refractivity contribution in [3.63, 3.8) is 0 Å². The van der Waals surface area contributed by atoms with Crippen LogP contribution < -0.4 is 0 Å². The predicted molar refractivity (Wildman–Crippen MR) is 60.8 cm³/mol. The average molecular weight is 273 g/mol. The topological polar surface area (TPSA) is 35.5 Å². The quantitative estimate of drug-likeness (QED) is 0.790. The number of esters is 1. The van der Waals surface area contributed by atoms with Crippen molar-refractivity contribution in [1.82, 2.24) is 0 Å². The summed E-state index contributed by atoms with van der Waals surface area (Å²) in [7, 11) is 2.94. The van der Waals surface area contributed by atoms with Crippen LogP contribution in [0.2, 0.25) is 0 Å². The van der Waals surface area contributed by atoms with Crippen molar-refractivity contribution in [2.24, 2.45) is 0 Å². The third-order valence-corrected chi connectivity index (χ3v) is 2.62. The molecule has 1 aromatic rings. The molecule has 4 heteroatoms. The Balaban J connectivity index is 2.88. The van der Waals surface area contributed by atoms with Gasteiger partial charge in [-0.2, -0.15) is 0 Å². The van der Waals surface area contributed by atoms with Gasteiger partial charge in [0.25, 0.3) is 0 Å². The summed E-state index contributed by atoms with van der Waals surface area (Å²) in [6.07, 6.45) is 0. The highest BCUT2D eigenvalue weighted by molar-refractivity contribution is 9.10. The highest BCUT2D eigenvalue weighted by Crippen LogP contribution is 2.20. The van der Waals surface area contributed by atoms with Crippen LogP contribution in [0.1, 0.15) is 11.5 Å². The summed E-state index contributed by atoms with van der Waals surface area (Å²) >= 11 is 3.34. The summed E-state index contributed by atoms with van der Waals surface area (Å²) in [5.74, 6) is -0.632. The number of ether oxygens (including phenoxy) is 2. The smallest absolute Gasteiger partial charge is 0.315 e. The normalized spacial score (nSPS) is 12.2. The first-order chi connectivity index (χ1) is 7.19. The van der Waals surface area contributed by atoms with Gasteiger partial charge in [0.2, 0.25) is 0 Å². The number of halogens is 1. The van der Waals surface area contributed by atoms with Gasteiger partial charge in [-0.1, -0.05) is 28.1 Å². The fourth-order valence-electron chi connectivity index (χ4n) is 1.30. The molecule has 1 unspecified atom stereocenters. The second-order valence-corrected chi connectivity index (χ2v) is 4.00. The minimum Gasteiger partial charge on any atom is -0.468 e. The molecule has 1 atom stereocenters. The molecule has 0 aliphatic carbocycles. The van der Waals surface area contributed by atoms with Crippen LogP contribution in [0.3, 0.4) is 0 Å². The Morgan fingerprint density at radius 3 is 2.40 bits per heavy atom. The molecule has 0 amide bonds. The molecule has 0 radical (unpaired) electrons. The molecule has 0 saturated heterocycles. The van der Waals surface area contributed by atoms with Gasteiger partial charge in [-0.3, -0.25) is 4.79 Å². The summed E-state index contributed by atoms with van der Waals surface area (Å²) in [6, 6.07) is 7.54. The van der Waals surface area contributed by atoms with Crippen molar-refractivity contribution in [1.29, 1.82) is 0 Å². The van der Waals surface area contributed by atoms with E-state index in [1.165, 1.54) is 7.11 Å². The van der Waals surface area contributed by atoms with Gasteiger partial charge in [0.15, 0.2) is 0 Å². The Morgan fingerprint density at radius 2 is 1.93 bits per heavy atom. The zero-order valence-corrected chi connectivity index (χ0v) is 10.3. The van der Waals surface area contributed by atoms with Crippen LogP contribution in [0.25, 0.3) is 0 Å². The van der Waals surface area contributed by atoms with E-state index in [2.05, 4.69) is 15.9 Å². The first kappa shape index (κ1) is 12.2. The fraction of sp³-hybridized carbons (Fsp3) is 0.364. The maximum absolute atomic E-state index is 11.5. The van der Waals surface area contributed by atoms with E-state index < -0.39 is 0 Å². The van der Waals surface area contributed by atoms with Crippen LogP contribution >= 0.6 is 15.9 Å². The van der Waals surface area contributed by atoms with Crippen molar-refractivity contribution >= 4 is 21.9 Å². The molecule has 0 heterocycles. The molecule has 0 spiro atoms. The van der Waals surface area contributed by atoms with Gasteiger partial charge in [-0.25, -0.2) is 0 Å². The zero-order valence-electron chi connectivity index (χ0n) is 8.70. The van der Waals surface area contributed by atoms with E-state index >= 15 is 0 Å². The molecule has 0 aromatic heterocycles. The Labute approximate surface area is 97.5 Å². The molecule has 82 valence electrons. The maximum Gasteiger partial charge on any atom is 0.315 e. The summed E-state index contributed by atoms with van der Waals surface area (Å²) < 4.78 is 10.7. The van der Waals surface area contributed by atoms with Gasteiger partial charge in [0, 0.05) is 11.6 Å². The molecule has 0 aliphatic rings. The third-order valence-electron chi connectivity index (χ3n) is 2.09. The highest BCUT2D eigenvalue weighted by atomic mass is 79.9. The van der Waals surface area contributed by atoms with E-state index in [1.807, 2.05) is 24.3 Å². The van der Waals surface area contributed by atoms with E-state index in [4.69, 9.17) is 9.47 Å². The number of carbonyl (C=O) groups excluding carboxylic acids is 1. The molecule has 3 nitrogen and oxygen atoms in total. The minimum absolute atomic E-state index is 0.279. The van der Waals surface area contributed by atoms with E-state index in [0.29, 0.717) is 6.61 Å². The summed E-state index contributed by atoms with van der Waals surface area (Å²) in [4.78, 5) is 11.5. The molecule has 0 fully saturated rings. The predicted octanol–water partition coefficient (Wildman–Crippen LogP) is 2.35. The van der Waals surface area contributed by atoms with Crippen LogP contribution in [0.4, 0.5) is 0 Å². The highest BCUT2D eigenvalue weighted by Gasteiger charge is 2.20. The summed E-state index contributed by atoms with van der Waals surface area (Å²) in [5.41, 5.74) is 0.895. The summed E-state index contributed by atoms with van der Waals surface area (Å²) in [5, 5.41) is 0. The Morgan fingerprint density at radius 1 is 1.33 bits per heavy atom. The van der Waals surface area contributed by atoms with Crippen molar-refractivity contribution in [2.75, 3.05) is 20.8 Å².